The zero-order chi connectivity index (χ0) is 13.3. The van der Waals surface area contributed by atoms with E-state index >= 15 is 0 Å². The Labute approximate surface area is 113 Å². The van der Waals surface area contributed by atoms with Gasteiger partial charge in [-0.3, -0.25) is 4.79 Å². The highest BCUT2D eigenvalue weighted by atomic mass is 35.5. The highest BCUT2D eigenvalue weighted by molar-refractivity contribution is 6.35. The van der Waals surface area contributed by atoms with E-state index in [9.17, 15) is 9.59 Å². The summed E-state index contributed by atoms with van der Waals surface area (Å²) in [4.78, 5) is 22.9. The van der Waals surface area contributed by atoms with Crippen LogP contribution in [0.3, 0.4) is 0 Å². The van der Waals surface area contributed by atoms with Crippen LogP contribution in [0.5, 0.6) is 0 Å². The lowest BCUT2D eigenvalue weighted by atomic mass is 9.94. The first-order valence-corrected chi connectivity index (χ1v) is 5.84. The van der Waals surface area contributed by atoms with E-state index in [4.69, 9.17) is 33.0 Å². The third kappa shape index (κ3) is 2.29. The molecule has 1 aliphatic heterocycles. The second kappa shape index (κ2) is 4.76. The van der Waals surface area contributed by atoms with Crippen molar-refractivity contribution in [3.8, 4) is 0 Å². The molecule has 1 aliphatic rings. The van der Waals surface area contributed by atoms with Crippen LogP contribution in [0.2, 0.25) is 10.0 Å². The normalized spacial score (nSPS) is 22.1. The van der Waals surface area contributed by atoms with Crippen LogP contribution in [-0.4, -0.2) is 29.2 Å². The molecular formula is C11H9Cl2NO4. The van der Waals surface area contributed by atoms with Crippen LogP contribution in [0.1, 0.15) is 6.42 Å². The second-order valence-electron chi connectivity index (χ2n) is 3.84. The molecule has 0 saturated carbocycles. The Kier molecular flexibility index (Phi) is 3.47. The van der Waals surface area contributed by atoms with Crippen molar-refractivity contribution in [3.63, 3.8) is 0 Å². The number of carboxylic acids is 1. The minimum Gasteiger partial charge on any atom is -0.479 e. The molecule has 1 saturated heterocycles. The molecule has 1 amide bonds. The van der Waals surface area contributed by atoms with Gasteiger partial charge in [-0.2, -0.15) is 0 Å². The van der Waals surface area contributed by atoms with Crippen LogP contribution in [0.15, 0.2) is 18.2 Å². The molecule has 0 aliphatic carbocycles. The fourth-order valence-corrected chi connectivity index (χ4v) is 2.14. The first-order valence-electron chi connectivity index (χ1n) is 5.09. The molecule has 1 heterocycles. The zero-order valence-electron chi connectivity index (χ0n) is 9.07. The van der Waals surface area contributed by atoms with Gasteiger partial charge in [-0.05, 0) is 18.2 Å². The number of amides is 1. The van der Waals surface area contributed by atoms with Crippen LogP contribution in [0.25, 0.3) is 0 Å². The summed E-state index contributed by atoms with van der Waals surface area (Å²) in [6.07, 6.45) is 0.141. The molecular weight excluding hydrogens is 281 g/mol. The Balaban J connectivity index is 2.18. The average Bonchev–Trinajstić information content (AvgIpc) is 2.11. The van der Waals surface area contributed by atoms with Crippen LogP contribution in [0, 0.1) is 0 Å². The van der Waals surface area contributed by atoms with E-state index < -0.39 is 17.5 Å². The number of carbonyl (C=O) groups is 2. The Morgan fingerprint density at radius 2 is 1.83 bits per heavy atom. The number of anilines is 1. The highest BCUT2D eigenvalue weighted by Crippen LogP contribution is 2.29. The van der Waals surface area contributed by atoms with E-state index in [0.717, 1.165) is 0 Å². The number of rotatable bonds is 3. The molecule has 1 aromatic rings. The number of benzene rings is 1. The summed E-state index contributed by atoms with van der Waals surface area (Å²) >= 11 is 11.5. The van der Waals surface area contributed by atoms with Crippen LogP contribution >= 0.6 is 23.2 Å². The standard InChI is InChI=1S/C11H9Cl2NO4/c12-6-3-7(13)5-8(4-6)14-9(15)11(10(16)17)1-2-18-11/h3-5H,1-2H2,(H,14,15)(H,16,17). The van der Waals surface area contributed by atoms with Crippen molar-refractivity contribution in [2.75, 3.05) is 11.9 Å². The maximum absolute atomic E-state index is 11.9. The summed E-state index contributed by atoms with van der Waals surface area (Å²) in [6.45, 7) is 0.246. The lowest BCUT2D eigenvalue weighted by Crippen LogP contribution is -2.59. The van der Waals surface area contributed by atoms with Gasteiger partial charge in [-0.25, -0.2) is 4.79 Å². The summed E-state index contributed by atoms with van der Waals surface area (Å²) < 4.78 is 4.90. The molecule has 0 spiro atoms. The predicted molar refractivity (Wildman–Crippen MR) is 66.0 cm³/mol. The Bertz CT molecular complexity index is 494. The maximum Gasteiger partial charge on any atom is 0.346 e. The van der Waals surface area contributed by atoms with Gasteiger partial charge >= 0.3 is 5.97 Å². The molecule has 2 N–H and O–H groups in total. The number of carboxylic acid groups (broad SMARTS) is 1. The zero-order valence-corrected chi connectivity index (χ0v) is 10.6. The molecule has 5 nitrogen and oxygen atoms in total. The van der Waals surface area contributed by atoms with Crippen molar-refractivity contribution in [3.05, 3.63) is 28.2 Å². The molecule has 1 fully saturated rings. The molecule has 96 valence electrons. The third-order valence-corrected chi connectivity index (χ3v) is 3.07. The summed E-state index contributed by atoms with van der Waals surface area (Å²) in [5, 5.41) is 12.1. The molecule has 0 bridgehead atoms. The van der Waals surface area contributed by atoms with E-state index in [1.165, 1.54) is 18.2 Å². The summed E-state index contributed by atoms with van der Waals surface area (Å²) in [7, 11) is 0. The molecule has 1 aromatic carbocycles. The maximum atomic E-state index is 11.9. The molecule has 7 heteroatoms. The van der Waals surface area contributed by atoms with Gasteiger partial charge in [0.05, 0.1) is 6.61 Å². The Morgan fingerprint density at radius 3 is 2.22 bits per heavy atom. The van der Waals surface area contributed by atoms with E-state index in [2.05, 4.69) is 5.32 Å². The molecule has 1 atom stereocenters. The average molecular weight is 290 g/mol. The monoisotopic (exact) mass is 289 g/mol. The third-order valence-electron chi connectivity index (χ3n) is 2.64. The van der Waals surface area contributed by atoms with Crippen LogP contribution in [-0.2, 0) is 14.3 Å². The van der Waals surface area contributed by atoms with E-state index in [1.807, 2.05) is 0 Å². The molecule has 1 unspecified atom stereocenters. The smallest absolute Gasteiger partial charge is 0.346 e. The first-order chi connectivity index (χ1) is 8.44. The van der Waals surface area contributed by atoms with Gasteiger partial charge in [0.1, 0.15) is 0 Å². The van der Waals surface area contributed by atoms with Crippen molar-refractivity contribution in [1.82, 2.24) is 0 Å². The van der Waals surface area contributed by atoms with Gasteiger partial charge in [0, 0.05) is 22.2 Å². The number of carbonyl (C=O) groups excluding carboxylic acids is 1. The summed E-state index contributed by atoms with van der Waals surface area (Å²) in [6, 6.07) is 4.45. The predicted octanol–water partition coefficient (Wildman–Crippen LogP) is 2.18. The second-order valence-corrected chi connectivity index (χ2v) is 4.72. The fraction of sp³-hybridized carbons (Fsp3) is 0.273. The van der Waals surface area contributed by atoms with Gasteiger partial charge in [0.2, 0.25) is 5.60 Å². The number of hydrogen-bond donors (Lipinski definition) is 2. The quantitative estimate of drug-likeness (QED) is 0.837. The highest BCUT2D eigenvalue weighted by Gasteiger charge is 2.53. The van der Waals surface area contributed by atoms with E-state index in [1.54, 1.807) is 0 Å². The van der Waals surface area contributed by atoms with Gasteiger partial charge in [-0.15, -0.1) is 0 Å². The SMILES string of the molecule is O=C(O)C1(C(=O)Nc2cc(Cl)cc(Cl)c2)CCO1. The largest absolute Gasteiger partial charge is 0.479 e. The van der Waals surface area contributed by atoms with E-state index in [0.29, 0.717) is 15.7 Å². The summed E-state index contributed by atoms with van der Waals surface area (Å²) in [5.74, 6) is -2.04. The molecule has 18 heavy (non-hydrogen) atoms. The van der Waals surface area contributed by atoms with Gasteiger partial charge in [0.15, 0.2) is 0 Å². The number of halogens is 2. The summed E-state index contributed by atoms with van der Waals surface area (Å²) in [5.41, 5.74) is -1.47. The lowest BCUT2D eigenvalue weighted by molar-refractivity contribution is -0.194. The van der Waals surface area contributed by atoms with Crippen molar-refractivity contribution in [1.29, 1.82) is 0 Å². The van der Waals surface area contributed by atoms with Crippen molar-refractivity contribution in [2.45, 2.75) is 12.0 Å². The minimum absolute atomic E-state index is 0.141. The molecule has 0 radical (unpaired) electrons. The fourth-order valence-electron chi connectivity index (χ4n) is 1.61. The number of ether oxygens (including phenoxy) is 1. The lowest BCUT2D eigenvalue weighted by Gasteiger charge is -2.35. The Morgan fingerprint density at radius 1 is 1.28 bits per heavy atom. The van der Waals surface area contributed by atoms with Crippen molar-refractivity contribution in [2.24, 2.45) is 0 Å². The number of hydrogen-bond acceptors (Lipinski definition) is 3. The van der Waals surface area contributed by atoms with Crippen molar-refractivity contribution >= 4 is 40.8 Å². The van der Waals surface area contributed by atoms with Gasteiger partial charge in [-0.1, -0.05) is 23.2 Å². The van der Waals surface area contributed by atoms with Gasteiger partial charge < -0.3 is 15.2 Å². The number of aliphatic carboxylic acids is 1. The van der Waals surface area contributed by atoms with E-state index in [-0.39, 0.29) is 13.0 Å². The van der Waals surface area contributed by atoms with Crippen LogP contribution < -0.4 is 5.32 Å². The van der Waals surface area contributed by atoms with Crippen molar-refractivity contribution < 1.29 is 19.4 Å². The molecule has 2 rings (SSSR count). The number of nitrogens with one attached hydrogen (secondary N) is 1. The minimum atomic E-state index is -1.80. The Hall–Kier alpha value is -1.30. The topological polar surface area (TPSA) is 75.6 Å². The van der Waals surface area contributed by atoms with Crippen LogP contribution in [0.4, 0.5) is 5.69 Å². The molecule has 0 aromatic heterocycles. The van der Waals surface area contributed by atoms with Gasteiger partial charge in [0.25, 0.3) is 5.91 Å². The first kappa shape index (κ1) is 13.1.